The van der Waals surface area contributed by atoms with Gasteiger partial charge in [-0.05, 0) is 37.6 Å². The van der Waals surface area contributed by atoms with Crippen molar-refractivity contribution in [1.29, 1.82) is 0 Å². The first kappa shape index (κ1) is 13.9. The van der Waals surface area contributed by atoms with Gasteiger partial charge >= 0.3 is 0 Å². The van der Waals surface area contributed by atoms with Gasteiger partial charge in [-0.2, -0.15) is 0 Å². The van der Waals surface area contributed by atoms with Gasteiger partial charge in [-0.3, -0.25) is 15.0 Å². The Morgan fingerprint density at radius 1 is 1.32 bits per heavy atom. The monoisotopic (exact) mass is 266 g/mol. The van der Waals surface area contributed by atoms with Crippen molar-refractivity contribution in [2.24, 2.45) is 0 Å². The lowest BCUT2D eigenvalue weighted by Crippen LogP contribution is -2.46. The van der Waals surface area contributed by atoms with Crippen LogP contribution in [0.4, 0.5) is 4.39 Å². The van der Waals surface area contributed by atoms with E-state index in [2.05, 4.69) is 0 Å². The molecule has 1 aromatic carbocycles. The molecule has 5 heteroatoms. The van der Waals surface area contributed by atoms with Crippen LogP contribution in [-0.4, -0.2) is 29.0 Å². The number of hydrogen-bond acceptors (Lipinski definition) is 3. The van der Waals surface area contributed by atoms with E-state index in [0.717, 1.165) is 24.8 Å². The molecule has 1 aromatic rings. The van der Waals surface area contributed by atoms with Gasteiger partial charge in [-0.15, -0.1) is 0 Å². The van der Waals surface area contributed by atoms with Crippen molar-refractivity contribution in [2.75, 3.05) is 7.05 Å². The molecule has 1 aliphatic rings. The van der Waals surface area contributed by atoms with E-state index in [1.807, 2.05) is 11.9 Å². The molecule has 0 amide bonds. The summed E-state index contributed by atoms with van der Waals surface area (Å²) in [6, 6.07) is 5.82. The normalized spacial score (nSPS) is 23.5. The average molecular weight is 266 g/mol. The third kappa shape index (κ3) is 3.50. The molecule has 0 spiro atoms. The van der Waals surface area contributed by atoms with E-state index in [9.17, 15) is 14.5 Å². The molecule has 2 unspecified atom stereocenters. The third-order valence-electron chi connectivity index (χ3n) is 3.88. The maximum absolute atomic E-state index is 12.8. The molecule has 0 heterocycles. The molecule has 0 radical (unpaired) electrons. The minimum Gasteiger partial charge on any atom is -0.293 e. The van der Waals surface area contributed by atoms with E-state index in [0.29, 0.717) is 13.0 Å². The smallest absolute Gasteiger partial charge is 0.228 e. The highest BCUT2D eigenvalue weighted by Crippen LogP contribution is 2.25. The van der Waals surface area contributed by atoms with Gasteiger partial charge in [0.1, 0.15) is 5.82 Å². The van der Waals surface area contributed by atoms with Gasteiger partial charge in [0.2, 0.25) is 6.04 Å². The largest absolute Gasteiger partial charge is 0.293 e. The van der Waals surface area contributed by atoms with Gasteiger partial charge in [0.25, 0.3) is 0 Å². The molecule has 104 valence electrons. The molecule has 1 aliphatic carbocycles. The third-order valence-corrected chi connectivity index (χ3v) is 3.88. The topological polar surface area (TPSA) is 46.4 Å². The van der Waals surface area contributed by atoms with Crippen molar-refractivity contribution in [3.05, 3.63) is 45.8 Å². The van der Waals surface area contributed by atoms with Crippen molar-refractivity contribution in [3.8, 4) is 0 Å². The predicted octanol–water partition coefficient (Wildman–Crippen LogP) is 2.85. The number of hydrogen-bond donors (Lipinski definition) is 0. The quantitative estimate of drug-likeness (QED) is 0.622. The van der Waals surface area contributed by atoms with Crippen LogP contribution in [0.2, 0.25) is 0 Å². The molecule has 0 N–H and O–H groups in total. The summed E-state index contributed by atoms with van der Waals surface area (Å²) in [5, 5.41) is 11.1. The molecular formula is C14H19FN2O2. The molecule has 2 atom stereocenters. The Bertz CT molecular complexity index is 436. The van der Waals surface area contributed by atoms with Crippen LogP contribution in [0.3, 0.4) is 0 Å². The maximum Gasteiger partial charge on any atom is 0.228 e. The Morgan fingerprint density at radius 3 is 2.58 bits per heavy atom. The predicted molar refractivity (Wildman–Crippen MR) is 70.9 cm³/mol. The zero-order valence-corrected chi connectivity index (χ0v) is 11.1. The molecular weight excluding hydrogens is 247 g/mol. The molecule has 0 bridgehead atoms. The zero-order chi connectivity index (χ0) is 13.8. The lowest BCUT2D eigenvalue weighted by Gasteiger charge is -2.33. The second kappa shape index (κ2) is 6.10. The molecule has 4 nitrogen and oxygen atoms in total. The standard InChI is InChI=1S/C14H19FN2O2/c1-16(10-11-6-8-12(15)9-7-11)13-4-2-3-5-14(13)17(18)19/h6-9,13-14H,2-5,10H2,1H3. The summed E-state index contributed by atoms with van der Waals surface area (Å²) < 4.78 is 12.8. The molecule has 0 aromatic heterocycles. The van der Waals surface area contributed by atoms with E-state index in [4.69, 9.17) is 0 Å². The van der Waals surface area contributed by atoms with E-state index in [1.165, 1.54) is 12.1 Å². The number of rotatable bonds is 4. The van der Waals surface area contributed by atoms with Crippen LogP contribution in [-0.2, 0) is 6.54 Å². The van der Waals surface area contributed by atoms with Crippen LogP contribution in [0.5, 0.6) is 0 Å². The van der Waals surface area contributed by atoms with Crippen molar-refractivity contribution >= 4 is 0 Å². The SMILES string of the molecule is CN(Cc1ccc(F)cc1)C1CCCCC1[N+](=O)[O-]. The molecule has 2 rings (SSSR count). The molecule has 1 fully saturated rings. The summed E-state index contributed by atoms with van der Waals surface area (Å²) in [6.45, 7) is 0.620. The first-order chi connectivity index (χ1) is 9.08. The van der Waals surface area contributed by atoms with Gasteiger partial charge in [0.15, 0.2) is 0 Å². The highest BCUT2D eigenvalue weighted by molar-refractivity contribution is 5.16. The Hall–Kier alpha value is -1.49. The van der Waals surface area contributed by atoms with Gasteiger partial charge in [-0.25, -0.2) is 4.39 Å². The van der Waals surface area contributed by atoms with E-state index in [-0.39, 0.29) is 16.8 Å². The van der Waals surface area contributed by atoms with Crippen molar-refractivity contribution in [1.82, 2.24) is 4.90 Å². The fraction of sp³-hybridized carbons (Fsp3) is 0.571. The Labute approximate surface area is 112 Å². The van der Waals surface area contributed by atoms with Gasteiger partial charge in [-0.1, -0.05) is 18.6 Å². The van der Waals surface area contributed by atoms with E-state index >= 15 is 0 Å². The first-order valence-corrected chi connectivity index (χ1v) is 6.66. The van der Waals surface area contributed by atoms with Crippen molar-refractivity contribution in [3.63, 3.8) is 0 Å². The Balaban J connectivity index is 2.03. The Morgan fingerprint density at radius 2 is 1.95 bits per heavy atom. The molecule has 19 heavy (non-hydrogen) atoms. The zero-order valence-electron chi connectivity index (χ0n) is 11.1. The fourth-order valence-corrected chi connectivity index (χ4v) is 2.85. The van der Waals surface area contributed by atoms with Crippen LogP contribution >= 0.6 is 0 Å². The van der Waals surface area contributed by atoms with Gasteiger partial charge < -0.3 is 0 Å². The van der Waals surface area contributed by atoms with Gasteiger partial charge in [0, 0.05) is 17.9 Å². The van der Waals surface area contributed by atoms with Crippen LogP contribution in [0, 0.1) is 15.9 Å². The number of benzene rings is 1. The van der Waals surface area contributed by atoms with Crippen LogP contribution < -0.4 is 0 Å². The minimum atomic E-state index is -0.473. The Kier molecular flexibility index (Phi) is 4.47. The van der Waals surface area contributed by atoms with Crippen molar-refractivity contribution < 1.29 is 9.31 Å². The second-order valence-corrected chi connectivity index (χ2v) is 5.25. The maximum atomic E-state index is 12.8. The highest BCUT2D eigenvalue weighted by atomic mass is 19.1. The van der Waals surface area contributed by atoms with Crippen molar-refractivity contribution in [2.45, 2.75) is 44.3 Å². The number of likely N-dealkylation sites (N-methyl/N-ethyl adjacent to an activating group) is 1. The molecule has 1 saturated carbocycles. The van der Waals surface area contributed by atoms with E-state index < -0.39 is 6.04 Å². The summed E-state index contributed by atoms with van der Waals surface area (Å²) >= 11 is 0. The summed E-state index contributed by atoms with van der Waals surface area (Å²) in [4.78, 5) is 13.0. The first-order valence-electron chi connectivity index (χ1n) is 6.66. The second-order valence-electron chi connectivity index (χ2n) is 5.25. The van der Waals surface area contributed by atoms with Gasteiger partial charge in [0.05, 0.1) is 6.04 Å². The summed E-state index contributed by atoms with van der Waals surface area (Å²) in [5.41, 5.74) is 0.983. The minimum absolute atomic E-state index is 0.0196. The van der Waals surface area contributed by atoms with E-state index in [1.54, 1.807) is 12.1 Å². The number of nitrogens with zero attached hydrogens (tertiary/aromatic N) is 2. The molecule has 0 aliphatic heterocycles. The van der Waals surface area contributed by atoms with Crippen LogP contribution in [0.1, 0.15) is 31.2 Å². The number of halogens is 1. The molecule has 0 saturated heterocycles. The lowest BCUT2D eigenvalue weighted by atomic mass is 9.89. The lowest BCUT2D eigenvalue weighted by molar-refractivity contribution is -0.533. The number of nitro groups is 1. The highest BCUT2D eigenvalue weighted by Gasteiger charge is 2.36. The summed E-state index contributed by atoms with van der Waals surface area (Å²) in [6.07, 6.45) is 3.50. The average Bonchev–Trinajstić information content (AvgIpc) is 2.41. The van der Waals surface area contributed by atoms with Crippen LogP contribution in [0.25, 0.3) is 0 Å². The summed E-state index contributed by atoms with van der Waals surface area (Å²) in [5.74, 6) is -0.257. The summed E-state index contributed by atoms with van der Waals surface area (Å²) in [7, 11) is 1.91. The van der Waals surface area contributed by atoms with Crippen LogP contribution in [0.15, 0.2) is 24.3 Å². The fourth-order valence-electron chi connectivity index (χ4n) is 2.85.